The number of anilines is 2. The number of aromatic nitrogens is 1. The van der Waals surface area contributed by atoms with Crippen LogP contribution in [-0.4, -0.2) is 60.9 Å². The number of aryl methyl sites for hydroxylation is 1. The number of rotatable bonds is 11. The summed E-state index contributed by atoms with van der Waals surface area (Å²) in [4.78, 5) is 45.0. The molecule has 0 fully saturated rings. The smallest absolute Gasteiger partial charge is 0.256 e. The summed E-state index contributed by atoms with van der Waals surface area (Å²) in [6.45, 7) is 11.4. The summed E-state index contributed by atoms with van der Waals surface area (Å²) in [5, 5.41) is 9.08. The zero-order valence-corrected chi connectivity index (χ0v) is 24.8. The number of nitrogens with one attached hydrogen (secondary N) is 4. The zero-order valence-electron chi connectivity index (χ0n) is 24.0. The van der Waals surface area contributed by atoms with Crippen LogP contribution in [0.2, 0.25) is 5.02 Å². The molecule has 4 rings (SSSR count). The first-order valence-corrected chi connectivity index (χ1v) is 14.1. The topological polar surface area (TPSA) is 116 Å². The third-order valence-corrected chi connectivity index (χ3v) is 7.60. The molecule has 10 heteroatoms. The molecule has 0 radical (unpaired) electrons. The molecule has 2 aromatic carbocycles. The van der Waals surface area contributed by atoms with Gasteiger partial charge in [0.15, 0.2) is 0 Å². The molecule has 0 atom stereocenters. The Morgan fingerprint density at radius 2 is 1.85 bits per heavy atom. The van der Waals surface area contributed by atoms with E-state index >= 15 is 0 Å². The van der Waals surface area contributed by atoms with Gasteiger partial charge in [-0.25, -0.2) is 0 Å². The van der Waals surface area contributed by atoms with Crippen LogP contribution in [0.1, 0.15) is 63.5 Å². The van der Waals surface area contributed by atoms with E-state index in [9.17, 15) is 14.4 Å². The van der Waals surface area contributed by atoms with E-state index < -0.39 is 5.91 Å². The van der Waals surface area contributed by atoms with Gasteiger partial charge in [0.05, 0.1) is 23.3 Å². The van der Waals surface area contributed by atoms with Crippen molar-refractivity contribution in [3.05, 3.63) is 75.1 Å². The lowest BCUT2D eigenvalue weighted by Gasteiger charge is -2.17. The molecule has 0 unspecified atom stereocenters. The standard InChI is InChI=1S/C31H36ClN5O4/c1-6-37(7-2)15-9-14-33-31(40)27-18(3)25(34-19(27)4)17-22-28-21(10-8-11-24(28)36-30(22)39)29(38)35-20-12-13-26(41-5)23(32)16-20/h8,10-13,16-17,34H,6-7,9,14-15H2,1-5H3,(H,33,40)(H,35,38)(H,36,39)/b22-17-. The number of hydrogen-bond acceptors (Lipinski definition) is 5. The van der Waals surface area contributed by atoms with Crippen LogP contribution in [0, 0.1) is 13.8 Å². The summed E-state index contributed by atoms with van der Waals surface area (Å²) in [7, 11) is 1.52. The Morgan fingerprint density at radius 3 is 2.54 bits per heavy atom. The first kappa shape index (κ1) is 29.9. The van der Waals surface area contributed by atoms with Gasteiger partial charge in [-0.15, -0.1) is 0 Å². The number of methoxy groups -OCH3 is 1. The van der Waals surface area contributed by atoms with Crippen LogP contribution >= 0.6 is 11.6 Å². The molecule has 2 heterocycles. The number of carbonyl (C=O) groups is 3. The number of aromatic amines is 1. The number of nitrogens with zero attached hydrogens (tertiary/aromatic N) is 1. The van der Waals surface area contributed by atoms with Crippen molar-refractivity contribution in [3.8, 4) is 5.75 Å². The molecule has 0 saturated heterocycles. The number of benzene rings is 2. The maximum atomic E-state index is 13.3. The van der Waals surface area contributed by atoms with E-state index in [1.54, 1.807) is 42.5 Å². The molecular weight excluding hydrogens is 542 g/mol. The van der Waals surface area contributed by atoms with Gasteiger partial charge in [0.2, 0.25) is 0 Å². The molecule has 0 spiro atoms. The molecule has 3 amide bonds. The summed E-state index contributed by atoms with van der Waals surface area (Å²) >= 11 is 6.22. The van der Waals surface area contributed by atoms with Crippen LogP contribution in [0.4, 0.5) is 11.4 Å². The van der Waals surface area contributed by atoms with Crippen LogP contribution in [0.15, 0.2) is 36.4 Å². The first-order chi connectivity index (χ1) is 19.7. The average Bonchev–Trinajstić information content (AvgIpc) is 3.42. The Balaban J connectivity index is 1.58. The van der Waals surface area contributed by atoms with Gasteiger partial charge < -0.3 is 30.6 Å². The minimum absolute atomic E-state index is 0.157. The summed E-state index contributed by atoms with van der Waals surface area (Å²) in [5.41, 5.74) is 4.79. The van der Waals surface area contributed by atoms with Crippen LogP contribution in [0.25, 0.3) is 11.6 Å². The number of fused-ring (bicyclic) bond motifs is 1. The average molecular weight is 578 g/mol. The van der Waals surface area contributed by atoms with Crippen molar-refractivity contribution < 1.29 is 19.1 Å². The summed E-state index contributed by atoms with van der Waals surface area (Å²) < 4.78 is 5.18. The lowest BCUT2D eigenvalue weighted by Crippen LogP contribution is -2.30. The second-order valence-corrected chi connectivity index (χ2v) is 10.3. The molecule has 1 aromatic heterocycles. The summed E-state index contributed by atoms with van der Waals surface area (Å²) in [5.74, 6) is -0.388. The highest BCUT2D eigenvalue weighted by Crippen LogP contribution is 2.37. The van der Waals surface area contributed by atoms with Crippen molar-refractivity contribution in [2.75, 3.05) is 43.9 Å². The minimum Gasteiger partial charge on any atom is -0.495 e. The second-order valence-electron chi connectivity index (χ2n) is 9.84. The number of carbonyl (C=O) groups excluding carboxylic acids is 3. The van der Waals surface area contributed by atoms with Gasteiger partial charge in [-0.05, 0) is 81.9 Å². The van der Waals surface area contributed by atoms with Crippen LogP contribution in [-0.2, 0) is 4.79 Å². The van der Waals surface area contributed by atoms with Crippen molar-refractivity contribution in [2.45, 2.75) is 34.1 Å². The van der Waals surface area contributed by atoms with E-state index in [1.807, 2.05) is 13.8 Å². The van der Waals surface area contributed by atoms with Gasteiger partial charge in [-0.2, -0.15) is 0 Å². The highest BCUT2D eigenvalue weighted by atomic mass is 35.5. The Labute approximate surface area is 245 Å². The molecule has 9 nitrogen and oxygen atoms in total. The van der Waals surface area contributed by atoms with E-state index in [0.717, 1.165) is 31.6 Å². The fourth-order valence-corrected chi connectivity index (χ4v) is 5.31. The molecule has 41 heavy (non-hydrogen) atoms. The Bertz CT molecular complexity index is 1510. The lowest BCUT2D eigenvalue weighted by atomic mass is 9.98. The molecule has 1 aliphatic rings. The Hall–Kier alpha value is -4.08. The summed E-state index contributed by atoms with van der Waals surface area (Å²) in [6, 6.07) is 10.1. The monoisotopic (exact) mass is 577 g/mol. The third kappa shape index (κ3) is 6.47. The highest BCUT2D eigenvalue weighted by Gasteiger charge is 2.30. The molecule has 3 aromatic rings. The van der Waals surface area contributed by atoms with Crippen molar-refractivity contribution in [2.24, 2.45) is 0 Å². The van der Waals surface area contributed by atoms with Gasteiger partial charge in [0.25, 0.3) is 17.7 Å². The normalized spacial score (nSPS) is 13.3. The van der Waals surface area contributed by atoms with Gasteiger partial charge in [0.1, 0.15) is 5.75 Å². The van der Waals surface area contributed by atoms with Crippen LogP contribution in [0.3, 0.4) is 0 Å². The lowest BCUT2D eigenvalue weighted by molar-refractivity contribution is -0.110. The van der Waals surface area contributed by atoms with Crippen molar-refractivity contribution in [3.63, 3.8) is 0 Å². The number of amides is 3. The molecule has 0 aliphatic carbocycles. The summed E-state index contributed by atoms with van der Waals surface area (Å²) in [6.07, 6.45) is 2.55. The van der Waals surface area contributed by atoms with E-state index in [2.05, 4.69) is 39.7 Å². The Kier molecular flexibility index (Phi) is 9.52. The van der Waals surface area contributed by atoms with Crippen molar-refractivity contribution in [1.29, 1.82) is 0 Å². The number of ether oxygens (including phenoxy) is 1. The predicted octanol–water partition coefficient (Wildman–Crippen LogP) is 5.50. The maximum Gasteiger partial charge on any atom is 0.256 e. The SMILES string of the molecule is CCN(CC)CCCNC(=O)c1c(C)[nH]c(/C=C2\C(=O)Nc3cccc(C(=O)Nc4ccc(OC)c(Cl)c4)c32)c1C. The van der Waals surface area contributed by atoms with Crippen LogP contribution < -0.4 is 20.7 Å². The molecule has 1 aliphatic heterocycles. The molecule has 4 N–H and O–H groups in total. The van der Waals surface area contributed by atoms with Gasteiger partial charge >= 0.3 is 0 Å². The second kappa shape index (κ2) is 13.1. The highest BCUT2D eigenvalue weighted by molar-refractivity contribution is 6.37. The molecule has 0 bridgehead atoms. The number of H-pyrrole nitrogens is 1. The minimum atomic E-state index is -0.394. The van der Waals surface area contributed by atoms with Gasteiger partial charge in [0, 0.05) is 40.4 Å². The van der Waals surface area contributed by atoms with E-state index in [1.165, 1.54) is 7.11 Å². The molecular formula is C31H36ClN5O4. The number of hydrogen-bond donors (Lipinski definition) is 4. The maximum absolute atomic E-state index is 13.3. The fourth-order valence-electron chi connectivity index (χ4n) is 5.06. The molecule has 0 saturated carbocycles. The van der Waals surface area contributed by atoms with E-state index in [4.69, 9.17) is 16.3 Å². The van der Waals surface area contributed by atoms with Crippen molar-refractivity contribution in [1.82, 2.24) is 15.2 Å². The van der Waals surface area contributed by atoms with Crippen LogP contribution in [0.5, 0.6) is 5.75 Å². The fraction of sp³-hybridized carbons (Fsp3) is 0.323. The van der Waals surface area contributed by atoms with Gasteiger partial charge in [-0.3, -0.25) is 14.4 Å². The van der Waals surface area contributed by atoms with E-state index in [0.29, 0.717) is 62.3 Å². The van der Waals surface area contributed by atoms with E-state index in [-0.39, 0.29) is 11.8 Å². The van der Waals surface area contributed by atoms with Crippen molar-refractivity contribution >= 4 is 52.3 Å². The van der Waals surface area contributed by atoms with Gasteiger partial charge in [-0.1, -0.05) is 31.5 Å². The number of halogens is 1. The molecule has 216 valence electrons. The Morgan fingerprint density at radius 1 is 1.10 bits per heavy atom. The zero-order chi connectivity index (χ0) is 29.7. The largest absolute Gasteiger partial charge is 0.495 e. The quantitative estimate of drug-likeness (QED) is 0.177. The first-order valence-electron chi connectivity index (χ1n) is 13.7. The predicted molar refractivity (Wildman–Crippen MR) is 164 cm³/mol. The third-order valence-electron chi connectivity index (χ3n) is 7.30.